The Kier molecular flexibility index (Phi) is 5.60. The van der Waals surface area contributed by atoms with E-state index in [2.05, 4.69) is 15.5 Å². The molecule has 1 aliphatic heterocycles. The molecule has 2 N–H and O–H groups in total. The Morgan fingerprint density at radius 2 is 2.24 bits per heavy atom. The molecule has 0 spiro atoms. The number of carbonyl (C=O) groups is 1. The summed E-state index contributed by atoms with van der Waals surface area (Å²) in [6, 6.07) is 7.62. The van der Waals surface area contributed by atoms with E-state index in [4.69, 9.17) is 4.74 Å². The third-order valence-corrected chi connectivity index (χ3v) is 5.19. The van der Waals surface area contributed by atoms with Crippen LogP contribution in [0.4, 0.5) is 5.69 Å². The van der Waals surface area contributed by atoms with Crippen molar-refractivity contribution in [1.82, 2.24) is 14.8 Å². The summed E-state index contributed by atoms with van der Waals surface area (Å²) in [6.07, 6.45) is 1.98. The molecule has 134 valence electrons. The van der Waals surface area contributed by atoms with Gasteiger partial charge in [-0.2, -0.15) is 0 Å². The van der Waals surface area contributed by atoms with E-state index in [1.165, 1.54) is 11.8 Å². The van der Waals surface area contributed by atoms with Gasteiger partial charge in [-0.25, -0.2) is 9.89 Å². The first kappa shape index (κ1) is 17.8. The number of aryl methyl sites for hydroxylation is 1. The summed E-state index contributed by atoms with van der Waals surface area (Å²) < 4.78 is 7.14. The predicted octanol–water partition coefficient (Wildman–Crippen LogP) is 2.18. The van der Waals surface area contributed by atoms with Crippen LogP contribution in [0.1, 0.15) is 25.3 Å². The van der Waals surface area contributed by atoms with Crippen molar-refractivity contribution in [2.24, 2.45) is 0 Å². The maximum atomic E-state index is 12.4. The van der Waals surface area contributed by atoms with E-state index in [1.807, 2.05) is 31.2 Å². The number of amides is 1. The molecule has 0 radical (unpaired) electrons. The Balaban J connectivity index is 1.63. The molecule has 1 aromatic heterocycles. The highest BCUT2D eigenvalue weighted by Gasteiger charge is 2.22. The molecule has 2 heterocycles. The minimum absolute atomic E-state index is 0.0336. The van der Waals surface area contributed by atoms with Crippen LogP contribution in [0.15, 0.2) is 34.2 Å². The van der Waals surface area contributed by atoms with E-state index >= 15 is 0 Å². The number of carbonyl (C=O) groups excluding carboxylic acids is 1. The van der Waals surface area contributed by atoms with Gasteiger partial charge < -0.3 is 10.1 Å². The van der Waals surface area contributed by atoms with Crippen LogP contribution in [-0.4, -0.2) is 38.6 Å². The molecule has 1 amide bonds. The standard InChI is InChI=1S/C17H22N4O3S/c1-11-5-7-13(8-6-11)18-15(22)12(2)25-17-20-19-16(23)21(17)10-14-4-3-9-24-14/h5-8,12,14H,3-4,9-10H2,1-2H3,(H,18,22)(H,19,23)/t12-,14-/m0/s1. The number of aromatic amines is 1. The first-order chi connectivity index (χ1) is 12.0. The molecule has 0 saturated carbocycles. The number of nitrogens with one attached hydrogen (secondary N) is 2. The van der Waals surface area contributed by atoms with Gasteiger partial charge in [0.15, 0.2) is 5.16 Å². The average molecular weight is 362 g/mol. The minimum Gasteiger partial charge on any atom is -0.376 e. The van der Waals surface area contributed by atoms with Crippen LogP contribution in [0, 0.1) is 6.92 Å². The summed E-state index contributed by atoms with van der Waals surface area (Å²) >= 11 is 1.26. The van der Waals surface area contributed by atoms with Crippen molar-refractivity contribution in [3.8, 4) is 0 Å². The Morgan fingerprint density at radius 1 is 1.48 bits per heavy atom. The van der Waals surface area contributed by atoms with Gasteiger partial charge in [0.1, 0.15) is 0 Å². The molecular weight excluding hydrogens is 340 g/mol. The van der Waals surface area contributed by atoms with Gasteiger partial charge in [0.2, 0.25) is 5.91 Å². The zero-order valence-corrected chi connectivity index (χ0v) is 15.1. The lowest BCUT2D eigenvalue weighted by atomic mass is 10.2. The zero-order valence-electron chi connectivity index (χ0n) is 14.3. The molecule has 7 nitrogen and oxygen atoms in total. The van der Waals surface area contributed by atoms with Crippen LogP contribution in [0.5, 0.6) is 0 Å². The van der Waals surface area contributed by atoms with Crippen molar-refractivity contribution in [1.29, 1.82) is 0 Å². The first-order valence-corrected chi connectivity index (χ1v) is 9.22. The van der Waals surface area contributed by atoms with Gasteiger partial charge in [-0.15, -0.1) is 5.10 Å². The molecule has 2 aromatic rings. The van der Waals surface area contributed by atoms with Crippen LogP contribution in [-0.2, 0) is 16.1 Å². The molecular formula is C17H22N4O3S. The minimum atomic E-state index is -0.389. The summed E-state index contributed by atoms with van der Waals surface area (Å²) in [5.74, 6) is -0.132. The highest BCUT2D eigenvalue weighted by atomic mass is 32.2. The molecule has 25 heavy (non-hydrogen) atoms. The molecule has 1 aromatic carbocycles. The fourth-order valence-corrected chi connectivity index (χ4v) is 3.50. The quantitative estimate of drug-likeness (QED) is 0.769. The number of thioether (sulfide) groups is 1. The van der Waals surface area contributed by atoms with Crippen molar-refractivity contribution in [3.63, 3.8) is 0 Å². The number of rotatable bonds is 6. The van der Waals surface area contributed by atoms with Gasteiger partial charge >= 0.3 is 5.69 Å². The second kappa shape index (κ2) is 7.88. The third-order valence-electron chi connectivity index (χ3n) is 4.10. The van der Waals surface area contributed by atoms with Gasteiger partial charge in [0.05, 0.1) is 17.9 Å². The fraction of sp³-hybridized carbons (Fsp3) is 0.471. The summed E-state index contributed by atoms with van der Waals surface area (Å²) in [4.78, 5) is 24.4. The molecule has 8 heteroatoms. The normalized spacial score (nSPS) is 18.2. The second-order valence-corrected chi connectivity index (χ2v) is 7.48. The van der Waals surface area contributed by atoms with Gasteiger partial charge in [-0.3, -0.25) is 9.36 Å². The second-order valence-electron chi connectivity index (χ2n) is 6.17. The molecule has 1 aliphatic rings. The number of hydrogen-bond donors (Lipinski definition) is 2. The van der Waals surface area contributed by atoms with E-state index in [-0.39, 0.29) is 23.0 Å². The molecule has 0 unspecified atom stereocenters. The molecule has 0 aliphatic carbocycles. The van der Waals surface area contributed by atoms with E-state index in [1.54, 1.807) is 11.5 Å². The molecule has 1 saturated heterocycles. The summed E-state index contributed by atoms with van der Waals surface area (Å²) in [6.45, 7) is 4.98. The van der Waals surface area contributed by atoms with E-state index in [0.717, 1.165) is 30.7 Å². The van der Waals surface area contributed by atoms with Crippen LogP contribution in [0.2, 0.25) is 0 Å². The maximum Gasteiger partial charge on any atom is 0.344 e. The van der Waals surface area contributed by atoms with Crippen molar-refractivity contribution >= 4 is 23.4 Å². The summed E-state index contributed by atoms with van der Waals surface area (Å²) in [7, 11) is 0. The largest absolute Gasteiger partial charge is 0.376 e. The highest BCUT2D eigenvalue weighted by Crippen LogP contribution is 2.23. The monoisotopic (exact) mass is 362 g/mol. The molecule has 2 atom stereocenters. The topological polar surface area (TPSA) is 89.0 Å². The van der Waals surface area contributed by atoms with Crippen LogP contribution >= 0.6 is 11.8 Å². The van der Waals surface area contributed by atoms with Crippen molar-refractivity contribution in [2.45, 2.75) is 49.7 Å². The van der Waals surface area contributed by atoms with Crippen molar-refractivity contribution < 1.29 is 9.53 Å². The van der Waals surface area contributed by atoms with E-state index < -0.39 is 0 Å². The van der Waals surface area contributed by atoms with Gasteiger partial charge in [0.25, 0.3) is 0 Å². The number of hydrogen-bond acceptors (Lipinski definition) is 5. The van der Waals surface area contributed by atoms with E-state index in [0.29, 0.717) is 11.7 Å². The van der Waals surface area contributed by atoms with Gasteiger partial charge in [0, 0.05) is 12.3 Å². The molecule has 0 bridgehead atoms. The van der Waals surface area contributed by atoms with Gasteiger partial charge in [-0.1, -0.05) is 29.5 Å². The number of anilines is 1. The number of benzene rings is 1. The Morgan fingerprint density at radius 3 is 2.92 bits per heavy atom. The average Bonchev–Trinajstić information content (AvgIpc) is 3.22. The number of H-pyrrole nitrogens is 1. The van der Waals surface area contributed by atoms with Crippen LogP contribution in [0.25, 0.3) is 0 Å². The lowest BCUT2D eigenvalue weighted by Crippen LogP contribution is -2.26. The first-order valence-electron chi connectivity index (χ1n) is 8.34. The smallest absolute Gasteiger partial charge is 0.344 e. The van der Waals surface area contributed by atoms with Gasteiger partial charge in [-0.05, 0) is 38.8 Å². The summed E-state index contributed by atoms with van der Waals surface area (Å²) in [5, 5.41) is 9.51. The Bertz CT molecular complexity index is 778. The maximum absolute atomic E-state index is 12.4. The fourth-order valence-electron chi connectivity index (χ4n) is 2.64. The molecule has 3 rings (SSSR count). The number of ether oxygens (including phenoxy) is 1. The third kappa shape index (κ3) is 4.52. The highest BCUT2D eigenvalue weighted by molar-refractivity contribution is 8.00. The lowest BCUT2D eigenvalue weighted by molar-refractivity contribution is -0.115. The lowest BCUT2D eigenvalue weighted by Gasteiger charge is -2.14. The zero-order chi connectivity index (χ0) is 17.8. The number of aromatic nitrogens is 3. The Labute approximate surface area is 150 Å². The number of nitrogens with zero attached hydrogens (tertiary/aromatic N) is 2. The van der Waals surface area contributed by atoms with Crippen LogP contribution in [0.3, 0.4) is 0 Å². The van der Waals surface area contributed by atoms with Crippen molar-refractivity contribution in [3.05, 3.63) is 40.3 Å². The molecule has 1 fully saturated rings. The Hall–Kier alpha value is -2.06. The van der Waals surface area contributed by atoms with E-state index in [9.17, 15) is 9.59 Å². The SMILES string of the molecule is Cc1ccc(NC(=O)[C@H](C)Sc2n[nH]c(=O)n2C[C@@H]2CCCO2)cc1. The van der Waals surface area contributed by atoms with Crippen LogP contribution < -0.4 is 11.0 Å². The van der Waals surface area contributed by atoms with Crippen molar-refractivity contribution in [2.75, 3.05) is 11.9 Å². The summed E-state index contributed by atoms with van der Waals surface area (Å²) in [5.41, 5.74) is 1.61. The predicted molar refractivity (Wildman–Crippen MR) is 96.9 cm³/mol.